The quantitative estimate of drug-likeness (QED) is 0.805. The lowest BCUT2D eigenvalue weighted by Crippen LogP contribution is -2.37. The largest absolute Gasteiger partial charge is 0.444 e. The van der Waals surface area contributed by atoms with E-state index in [0.29, 0.717) is 24.7 Å². The monoisotopic (exact) mass is 308 g/mol. The van der Waals surface area contributed by atoms with Gasteiger partial charge in [0.25, 0.3) is 0 Å². The molecule has 1 aromatic carbocycles. The number of aromatic amines is 1. The van der Waals surface area contributed by atoms with Crippen LogP contribution in [-0.2, 0) is 24.2 Å². The number of benzene rings is 1. The van der Waals surface area contributed by atoms with E-state index in [1.807, 2.05) is 35.2 Å². The van der Waals surface area contributed by atoms with Gasteiger partial charge in [-0.3, -0.25) is 4.79 Å². The van der Waals surface area contributed by atoms with E-state index in [-0.39, 0.29) is 12.3 Å². The summed E-state index contributed by atoms with van der Waals surface area (Å²) >= 11 is 0. The predicted octanol–water partition coefficient (Wildman–Crippen LogP) is 2.19. The number of hydrogen-bond acceptors (Lipinski definition) is 4. The third kappa shape index (κ3) is 2.75. The summed E-state index contributed by atoms with van der Waals surface area (Å²) in [5.41, 5.74) is 3.65. The third-order valence-electron chi connectivity index (χ3n) is 4.03. The molecule has 0 atom stereocenters. The van der Waals surface area contributed by atoms with Crippen molar-refractivity contribution in [2.45, 2.75) is 19.4 Å². The van der Waals surface area contributed by atoms with E-state index >= 15 is 0 Å². The Morgan fingerprint density at radius 3 is 3.04 bits per heavy atom. The molecule has 0 aliphatic carbocycles. The van der Waals surface area contributed by atoms with Crippen LogP contribution in [0.15, 0.2) is 47.3 Å². The van der Waals surface area contributed by atoms with Crippen LogP contribution in [0.5, 0.6) is 0 Å². The van der Waals surface area contributed by atoms with E-state index in [1.165, 1.54) is 0 Å². The first-order valence-electron chi connectivity index (χ1n) is 7.58. The minimum absolute atomic E-state index is 0.0539. The van der Waals surface area contributed by atoms with Crippen molar-refractivity contribution in [3.8, 4) is 11.5 Å². The number of imidazole rings is 1. The Balaban J connectivity index is 1.45. The molecule has 3 heterocycles. The average Bonchev–Trinajstić information content (AvgIpc) is 3.24. The highest BCUT2D eigenvalue weighted by Gasteiger charge is 2.23. The lowest BCUT2D eigenvalue weighted by molar-refractivity contribution is -0.131. The molecule has 6 heteroatoms. The zero-order valence-corrected chi connectivity index (χ0v) is 12.5. The van der Waals surface area contributed by atoms with Gasteiger partial charge in [0.15, 0.2) is 0 Å². The third-order valence-corrected chi connectivity index (χ3v) is 4.03. The van der Waals surface area contributed by atoms with Crippen molar-refractivity contribution in [1.29, 1.82) is 0 Å². The summed E-state index contributed by atoms with van der Waals surface area (Å²) in [4.78, 5) is 26.0. The summed E-state index contributed by atoms with van der Waals surface area (Å²) in [6.45, 7) is 1.28. The highest BCUT2D eigenvalue weighted by atomic mass is 16.3. The van der Waals surface area contributed by atoms with Crippen LogP contribution in [0, 0.1) is 0 Å². The molecule has 0 bridgehead atoms. The first-order valence-corrected chi connectivity index (χ1v) is 7.58. The molecule has 4 rings (SSSR count). The van der Waals surface area contributed by atoms with Crippen LogP contribution in [0.25, 0.3) is 11.5 Å². The number of carbonyl (C=O) groups excluding carboxylic acids is 1. The number of hydrogen-bond donors (Lipinski definition) is 1. The normalized spacial score (nSPS) is 13.8. The fraction of sp³-hybridized carbons (Fsp3) is 0.235. The molecule has 2 aromatic heterocycles. The van der Waals surface area contributed by atoms with Crippen LogP contribution in [0.3, 0.4) is 0 Å². The molecule has 3 aromatic rings. The van der Waals surface area contributed by atoms with Crippen LogP contribution >= 0.6 is 0 Å². The number of H-pyrrole nitrogens is 1. The SMILES string of the molecule is O=C(Cc1coc(-c2ccccc2)n1)N1CCc2nc[nH]c2C1. The van der Waals surface area contributed by atoms with Crippen molar-refractivity contribution in [2.75, 3.05) is 6.54 Å². The van der Waals surface area contributed by atoms with Crippen LogP contribution in [-0.4, -0.2) is 32.3 Å². The molecule has 1 N–H and O–H groups in total. The number of oxazole rings is 1. The fourth-order valence-corrected chi connectivity index (χ4v) is 2.79. The second-order valence-corrected chi connectivity index (χ2v) is 5.58. The van der Waals surface area contributed by atoms with Crippen molar-refractivity contribution in [2.24, 2.45) is 0 Å². The zero-order valence-electron chi connectivity index (χ0n) is 12.5. The topological polar surface area (TPSA) is 75.0 Å². The minimum Gasteiger partial charge on any atom is -0.444 e. The number of carbonyl (C=O) groups is 1. The average molecular weight is 308 g/mol. The molecule has 0 spiro atoms. The van der Waals surface area contributed by atoms with Crippen molar-refractivity contribution >= 4 is 5.91 Å². The van der Waals surface area contributed by atoms with Gasteiger partial charge in [-0.25, -0.2) is 9.97 Å². The Labute approximate surface area is 133 Å². The lowest BCUT2D eigenvalue weighted by atomic mass is 10.1. The minimum atomic E-state index is 0.0539. The molecule has 23 heavy (non-hydrogen) atoms. The van der Waals surface area contributed by atoms with Gasteiger partial charge in [0, 0.05) is 18.5 Å². The molecule has 0 unspecified atom stereocenters. The summed E-state index contributed by atoms with van der Waals surface area (Å²) in [7, 11) is 0. The van der Waals surface area contributed by atoms with Gasteiger partial charge in [-0.15, -0.1) is 0 Å². The van der Waals surface area contributed by atoms with E-state index in [2.05, 4.69) is 15.0 Å². The molecule has 1 aliphatic rings. The number of amides is 1. The fourth-order valence-electron chi connectivity index (χ4n) is 2.79. The maximum Gasteiger partial charge on any atom is 0.229 e. The molecule has 0 fully saturated rings. The first kappa shape index (κ1) is 13.8. The van der Waals surface area contributed by atoms with Gasteiger partial charge in [0.05, 0.1) is 36.4 Å². The molecule has 116 valence electrons. The van der Waals surface area contributed by atoms with E-state index in [9.17, 15) is 4.79 Å². The summed E-state index contributed by atoms with van der Waals surface area (Å²) in [5, 5.41) is 0. The van der Waals surface area contributed by atoms with Crippen LogP contribution in [0.1, 0.15) is 17.1 Å². The van der Waals surface area contributed by atoms with Gasteiger partial charge in [-0.2, -0.15) is 0 Å². The molecular weight excluding hydrogens is 292 g/mol. The summed E-state index contributed by atoms with van der Waals surface area (Å²) in [5.74, 6) is 0.598. The molecule has 1 aliphatic heterocycles. The van der Waals surface area contributed by atoms with Crippen molar-refractivity contribution in [3.63, 3.8) is 0 Å². The maximum atomic E-state index is 12.5. The van der Waals surface area contributed by atoms with Gasteiger partial charge in [0.1, 0.15) is 6.26 Å². The van der Waals surface area contributed by atoms with Crippen molar-refractivity contribution in [1.82, 2.24) is 19.9 Å². The number of fused-ring (bicyclic) bond motifs is 1. The predicted molar refractivity (Wildman–Crippen MR) is 83.4 cm³/mol. The highest BCUT2D eigenvalue weighted by molar-refractivity contribution is 5.78. The van der Waals surface area contributed by atoms with Gasteiger partial charge in [-0.1, -0.05) is 18.2 Å². The van der Waals surface area contributed by atoms with Gasteiger partial charge in [-0.05, 0) is 12.1 Å². The molecule has 6 nitrogen and oxygen atoms in total. The maximum absolute atomic E-state index is 12.5. The van der Waals surface area contributed by atoms with E-state index in [1.54, 1.807) is 12.6 Å². The zero-order chi connectivity index (χ0) is 15.6. The summed E-state index contributed by atoms with van der Waals surface area (Å²) < 4.78 is 5.48. The Morgan fingerprint density at radius 1 is 1.30 bits per heavy atom. The van der Waals surface area contributed by atoms with E-state index in [0.717, 1.165) is 23.4 Å². The lowest BCUT2D eigenvalue weighted by Gasteiger charge is -2.25. The summed E-state index contributed by atoms with van der Waals surface area (Å²) in [6.07, 6.45) is 4.28. The molecule has 0 saturated heterocycles. The highest BCUT2D eigenvalue weighted by Crippen LogP contribution is 2.19. The Morgan fingerprint density at radius 2 is 2.17 bits per heavy atom. The van der Waals surface area contributed by atoms with Crippen LogP contribution < -0.4 is 0 Å². The van der Waals surface area contributed by atoms with E-state index in [4.69, 9.17) is 4.42 Å². The van der Waals surface area contributed by atoms with Crippen molar-refractivity contribution in [3.05, 3.63) is 60.0 Å². The summed E-state index contributed by atoms with van der Waals surface area (Å²) in [6, 6.07) is 9.67. The van der Waals surface area contributed by atoms with Gasteiger partial charge < -0.3 is 14.3 Å². The molecule has 0 saturated carbocycles. The Kier molecular flexibility index (Phi) is 3.42. The van der Waals surface area contributed by atoms with Crippen LogP contribution in [0.4, 0.5) is 0 Å². The van der Waals surface area contributed by atoms with E-state index < -0.39 is 0 Å². The standard InChI is InChI=1S/C17H16N4O2/c22-16(21-7-6-14-15(9-21)19-11-18-14)8-13-10-23-17(20-13)12-4-2-1-3-5-12/h1-5,10-11H,6-9H2,(H,18,19). The van der Waals surface area contributed by atoms with Crippen LogP contribution in [0.2, 0.25) is 0 Å². The smallest absolute Gasteiger partial charge is 0.229 e. The van der Waals surface area contributed by atoms with Gasteiger partial charge >= 0.3 is 0 Å². The number of nitrogens with one attached hydrogen (secondary N) is 1. The second-order valence-electron chi connectivity index (χ2n) is 5.58. The Hall–Kier alpha value is -2.89. The molecule has 1 amide bonds. The molecule has 0 radical (unpaired) electrons. The first-order chi connectivity index (χ1) is 11.3. The van der Waals surface area contributed by atoms with Crippen molar-refractivity contribution < 1.29 is 9.21 Å². The Bertz CT molecular complexity index is 822. The second kappa shape index (κ2) is 5.72. The number of rotatable bonds is 3. The number of aromatic nitrogens is 3. The van der Waals surface area contributed by atoms with Gasteiger partial charge in [0.2, 0.25) is 11.8 Å². The molecular formula is C17H16N4O2. The number of nitrogens with zero attached hydrogens (tertiary/aromatic N) is 3.